The Labute approximate surface area is 178 Å². The summed E-state index contributed by atoms with van der Waals surface area (Å²) in [6.07, 6.45) is 0. The van der Waals surface area contributed by atoms with Gasteiger partial charge in [0.15, 0.2) is 0 Å². The smallest absolute Gasteiger partial charge is 0.250 e. The van der Waals surface area contributed by atoms with E-state index in [9.17, 15) is 22.4 Å². The van der Waals surface area contributed by atoms with Crippen molar-refractivity contribution in [3.05, 3.63) is 58.9 Å². The highest BCUT2D eigenvalue weighted by Gasteiger charge is 2.30. The van der Waals surface area contributed by atoms with E-state index in [0.29, 0.717) is 10.7 Å². The highest BCUT2D eigenvalue weighted by atomic mass is 35.5. The van der Waals surface area contributed by atoms with Gasteiger partial charge in [0.2, 0.25) is 15.9 Å². The maximum Gasteiger partial charge on any atom is 0.250 e. The lowest BCUT2D eigenvalue weighted by Crippen LogP contribution is -2.51. The van der Waals surface area contributed by atoms with Gasteiger partial charge in [-0.2, -0.15) is 4.31 Å². The van der Waals surface area contributed by atoms with Gasteiger partial charge in [-0.25, -0.2) is 12.8 Å². The molecular weight excluding hydrogens is 435 g/mol. The maximum absolute atomic E-state index is 13.4. The standard InChI is InChI=1S/C19H20ClFN4O4S/c20-13-4-5-16(19(22)27)17(10-13)23-12-18(26)24-6-8-25(9-7-24)30(28,29)15-3-1-2-14(21)11-15/h1-5,10-11,23H,6-9,12H2,(H2,22,27). The van der Waals surface area contributed by atoms with Crippen molar-refractivity contribution in [1.29, 1.82) is 0 Å². The number of nitrogens with two attached hydrogens (primary N) is 1. The number of nitrogens with zero attached hydrogens (tertiary/aromatic N) is 2. The largest absolute Gasteiger partial charge is 0.375 e. The minimum absolute atomic E-state index is 0.0916. The second-order valence-corrected chi connectivity index (χ2v) is 9.02. The van der Waals surface area contributed by atoms with Crippen LogP contribution in [0.3, 0.4) is 0 Å². The van der Waals surface area contributed by atoms with Crippen molar-refractivity contribution >= 4 is 39.1 Å². The van der Waals surface area contributed by atoms with Crippen LogP contribution >= 0.6 is 11.6 Å². The average Bonchev–Trinajstić information content (AvgIpc) is 2.72. The Morgan fingerprint density at radius 1 is 1.10 bits per heavy atom. The Kier molecular flexibility index (Phi) is 6.59. The van der Waals surface area contributed by atoms with Crippen molar-refractivity contribution in [2.24, 2.45) is 5.73 Å². The molecule has 0 spiro atoms. The number of rotatable bonds is 6. The molecule has 0 aliphatic carbocycles. The Morgan fingerprint density at radius 2 is 1.80 bits per heavy atom. The Bertz CT molecular complexity index is 1070. The Balaban J connectivity index is 1.60. The third kappa shape index (κ3) is 4.89. The molecule has 2 amide bonds. The second kappa shape index (κ2) is 8.99. The molecule has 3 N–H and O–H groups in total. The number of sulfonamides is 1. The maximum atomic E-state index is 13.4. The fourth-order valence-corrected chi connectivity index (χ4v) is 4.74. The molecule has 1 heterocycles. The number of primary amides is 1. The molecule has 0 unspecified atom stereocenters. The minimum Gasteiger partial charge on any atom is -0.375 e. The lowest BCUT2D eigenvalue weighted by molar-refractivity contribution is -0.130. The molecule has 11 heteroatoms. The zero-order chi connectivity index (χ0) is 21.9. The molecule has 1 aliphatic rings. The van der Waals surface area contributed by atoms with Gasteiger partial charge in [0.25, 0.3) is 5.91 Å². The van der Waals surface area contributed by atoms with Crippen molar-refractivity contribution in [2.45, 2.75) is 4.90 Å². The minimum atomic E-state index is -3.84. The number of nitrogens with one attached hydrogen (secondary N) is 1. The summed E-state index contributed by atoms with van der Waals surface area (Å²) in [6, 6.07) is 9.30. The quantitative estimate of drug-likeness (QED) is 0.687. The van der Waals surface area contributed by atoms with E-state index in [-0.39, 0.29) is 49.1 Å². The summed E-state index contributed by atoms with van der Waals surface area (Å²) >= 11 is 5.93. The van der Waals surface area contributed by atoms with Gasteiger partial charge in [0.05, 0.1) is 17.0 Å². The van der Waals surface area contributed by atoms with Crippen LogP contribution in [0.2, 0.25) is 5.02 Å². The molecule has 1 fully saturated rings. The normalized spacial score (nSPS) is 15.1. The van der Waals surface area contributed by atoms with Gasteiger partial charge in [-0.3, -0.25) is 9.59 Å². The third-order valence-corrected chi connectivity index (χ3v) is 6.83. The van der Waals surface area contributed by atoms with Gasteiger partial charge in [0.1, 0.15) is 5.82 Å². The van der Waals surface area contributed by atoms with Crippen molar-refractivity contribution in [3.8, 4) is 0 Å². The summed E-state index contributed by atoms with van der Waals surface area (Å²) in [5.74, 6) is -1.56. The van der Waals surface area contributed by atoms with Crippen LogP contribution in [-0.2, 0) is 14.8 Å². The van der Waals surface area contributed by atoms with Crippen LogP contribution in [0.4, 0.5) is 10.1 Å². The molecule has 0 atom stereocenters. The summed E-state index contributed by atoms with van der Waals surface area (Å²) in [5.41, 5.74) is 5.87. The number of carbonyl (C=O) groups is 2. The lowest BCUT2D eigenvalue weighted by Gasteiger charge is -2.34. The van der Waals surface area contributed by atoms with Crippen LogP contribution < -0.4 is 11.1 Å². The number of halogens is 2. The van der Waals surface area contributed by atoms with E-state index in [4.69, 9.17) is 17.3 Å². The first-order valence-electron chi connectivity index (χ1n) is 9.05. The molecule has 30 heavy (non-hydrogen) atoms. The third-order valence-electron chi connectivity index (χ3n) is 4.70. The summed E-state index contributed by atoms with van der Waals surface area (Å²) in [7, 11) is -3.84. The van der Waals surface area contributed by atoms with Crippen LogP contribution in [0, 0.1) is 5.82 Å². The molecule has 8 nitrogen and oxygen atoms in total. The molecule has 2 aromatic rings. The molecule has 3 rings (SSSR count). The lowest BCUT2D eigenvalue weighted by atomic mass is 10.1. The van der Waals surface area contributed by atoms with Crippen LogP contribution in [0.15, 0.2) is 47.4 Å². The summed E-state index contributed by atoms with van der Waals surface area (Å²) in [5, 5.41) is 3.24. The summed E-state index contributed by atoms with van der Waals surface area (Å²) < 4.78 is 39.9. The number of hydrogen-bond acceptors (Lipinski definition) is 5. The van der Waals surface area contributed by atoms with Crippen LogP contribution in [0.1, 0.15) is 10.4 Å². The molecule has 160 valence electrons. The highest BCUT2D eigenvalue weighted by Crippen LogP contribution is 2.21. The Hall–Kier alpha value is -2.69. The molecular formula is C19H20ClFN4O4S. The van der Waals surface area contributed by atoms with Gasteiger partial charge in [-0.05, 0) is 36.4 Å². The number of hydrogen-bond donors (Lipinski definition) is 2. The predicted molar refractivity (Wildman–Crippen MR) is 110 cm³/mol. The topological polar surface area (TPSA) is 113 Å². The molecule has 0 radical (unpaired) electrons. The van der Waals surface area contributed by atoms with Gasteiger partial charge in [0, 0.05) is 36.9 Å². The van der Waals surface area contributed by atoms with Crippen molar-refractivity contribution in [2.75, 3.05) is 38.0 Å². The number of anilines is 1. The van der Waals surface area contributed by atoms with Crippen LogP contribution in [-0.4, -0.2) is 62.2 Å². The van der Waals surface area contributed by atoms with Gasteiger partial charge in [-0.1, -0.05) is 17.7 Å². The fourth-order valence-electron chi connectivity index (χ4n) is 3.11. The van der Waals surface area contributed by atoms with E-state index in [1.54, 1.807) is 0 Å². The van der Waals surface area contributed by atoms with Crippen molar-refractivity contribution in [1.82, 2.24) is 9.21 Å². The first-order valence-corrected chi connectivity index (χ1v) is 10.9. The van der Waals surface area contributed by atoms with E-state index in [0.717, 1.165) is 6.07 Å². The van der Waals surface area contributed by atoms with E-state index in [1.165, 1.54) is 45.6 Å². The van der Waals surface area contributed by atoms with Crippen molar-refractivity contribution < 1.29 is 22.4 Å². The number of piperazine rings is 1. The monoisotopic (exact) mass is 454 g/mol. The predicted octanol–water partition coefficient (Wildman–Crippen LogP) is 1.52. The van der Waals surface area contributed by atoms with E-state index >= 15 is 0 Å². The molecule has 0 saturated carbocycles. The molecule has 0 aromatic heterocycles. The van der Waals surface area contributed by atoms with Crippen LogP contribution in [0.25, 0.3) is 0 Å². The second-order valence-electron chi connectivity index (χ2n) is 6.65. The van der Waals surface area contributed by atoms with Gasteiger partial charge in [-0.15, -0.1) is 0 Å². The Morgan fingerprint density at radius 3 is 2.43 bits per heavy atom. The SMILES string of the molecule is NC(=O)c1ccc(Cl)cc1NCC(=O)N1CCN(S(=O)(=O)c2cccc(F)c2)CC1. The van der Waals surface area contributed by atoms with Gasteiger partial charge < -0.3 is 16.0 Å². The van der Waals surface area contributed by atoms with Gasteiger partial charge >= 0.3 is 0 Å². The molecule has 1 aliphatic heterocycles. The van der Waals surface area contributed by atoms with Crippen molar-refractivity contribution in [3.63, 3.8) is 0 Å². The van der Waals surface area contributed by atoms with Crippen LogP contribution in [0.5, 0.6) is 0 Å². The number of benzene rings is 2. The zero-order valence-electron chi connectivity index (χ0n) is 15.8. The molecule has 0 bridgehead atoms. The summed E-state index contributed by atoms with van der Waals surface area (Å²) in [4.78, 5) is 25.4. The average molecular weight is 455 g/mol. The molecule has 2 aromatic carbocycles. The van der Waals surface area contributed by atoms with E-state index in [1.807, 2.05) is 0 Å². The number of amides is 2. The first-order chi connectivity index (χ1) is 14.2. The molecule has 1 saturated heterocycles. The zero-order valence-corrected chi connectivity index (χ0v) is 17.4. The summed E-state index contributed by atoms with van der Waals surface area (Å²) in [6.45, 7) is 0.445. The number of carbonyl (C=O) groups excluding carboxylic acids is 2. The van der Waals surface area contributed by atoms with E-state index < -0.39 is 21.7 Å². The van der Waals surface area contributed by atoms with E-state index in [2.05, 4.69) is 5.32 Å². The first kappa shape index (κ1) is 22.0. The highest BCUT2D eigenvalue weighted by molar-refractivity contribution is 7.89. The fraction of sp³-hybridized carbons (Fsp3) is 0.263.